The number of methoxy groups -OCH3 is 1. The van der Waals surface area contributed by atoms with Gasteiger partial charge in [-0.1, -0.05) is 13.8 Å². The third kappa shape index (κ3) is 2.57. The largest absolute Gasteiger partial charge is 0.464 e. The zero-order valence-electron chi connectivity index (χ0n) is 9.27. The Bertz CT molecular complexity index is 496. The van der Waals surface area contributed by atoms with Gasteiger partial charge in [-0.15, -0.1) is 0 Å². The van der Waals surface area contributed by atoms with E-state index in [1.807, 2.05) is 13.8 Å². The molecule has 2 heterocycles. The fraction of sp³-hybridized carbons (Fsp3) is 0.300. The molecule has 0 amide bonds. The summed E-state index contributed by atoms with van der Waals surface area (Å²) in [5.74, 6) is -0.466. The first-order valence-corrected chi connectivity index (χ1v) is 5.60. The van der Waals surface area contributed by atoms with Crippen LogP contribution in [0.3, 0.4) is 0 Å². The Morgan fingerprint density at radius 1 is 1.50 bits per heavy atom. The molecule has 16 heavy (non-hydrogen) atoms. The molecule has 2 aromatic heterocycles. The zero-order chi connectivity index (χ0) is 12.1. The topological polar surface area (TPSA) is 56.5 Å². The second-order valence-corrected chi connectivity index (χ2v) is 3.39. The highest BCUT2D eigenvalue weighted by Crippen LogP contribution is 2.09. The molecule has 0 aliphatic rings. The average molecular weight is 286 g/mol. The number of nitrogens with zero attached hydrogens (tertiary/aromatic N) is 3. The van der Waals surface area contributed by atoms with Crippen LogP contribution in [0.4, 0.5) is 0 Å². The minimum Gasteiger partial charge on any atom is -0.464 e. The van der Waals surface area contributed by atoms with Crippen molar-refractivity contribution in [1.82, 2.24) is 14.6 Å². The van der Waals surface area contributed by atoms with Crippen LogP contribution in [0.15, 0.2) is 22.9 Å². The smallest absolute Gasteiger partial charge is 0.358 e. The van der Waals surface area contributed by atoms with Gasteiger partial charge in [0.15, 0.2) is 11.3 Å². The van der Waals surface area contributed by atoms with Crippen LogP contribution in [0, 0.1) is 0 Å². The molecular weight excluding hydrogens is 274 g/mol. The average Bonchev–Trinajstić information content (AvgIpc) is 2.73. The molecule has 0 aliphatic heterocycles. The third-order valence-corrected chi connectivity index (χ3v) is 2.13. The van der Waals surface area contributed by atoms with Gasteiger partial charge in [-0.05, 0) is 22.0 Å². The molecule has 0 radical (unpaired) electrons. The van der Waals surface area contributed by atoms with Crippen molar-refractivity contribution in [1.29, 1.82) is 0 Å². The molecule has 0 spiro atoms. The highest BCUT2D eigenvalue weighted by atomic mass is 79.9. The van der Waals surface area contributed by atoms with Gasteiger partial charge in [0.25, 0.3) is 0 Å². The number of fused-ring (bicyclic) bond motifs is 1. The van der Waals surface area contributed by atoms with Gasteiger partial charge in [0.1, 0.15) is 4.60 Å². The lowest BCUT2D eigenvalue weighted by atomic mass is 10.4. The maximum Gasteiger partial charge on any atom is 0.358 e. The van der Waals surface area contributed by atoms with Crippen LogP contribution >= 0.6 is 15.9 Å². The summed E-state index contributed by atoms with van der Waals surface area (Å²) < 4.78 is 6.75. The Hall–Kier alpha value is -1.43. The molecule has 0 aromatic carbocycles. The predicted molar refractivity (Wildman–Crippen MR) is 63.4 cm³/mol. The summed E-state index contributed by atoms with van der Waals surface area (Å²) in [6.07, 6.45) is 1.71. The van der Waals surface area contributed by atoms with Crippen LogP contribution in [0.25, 0.3) is 5.65 Å². The van der Waals surface area contributed by atoms with Gasteiger partial charge >= 0.3 is 5.97 Å². The number of esters is 1. The van der Waals surface area contributed by atoms with E-state index in [4.69, 9.17) is 0 Å². The fourth-order valence-electron chi connectivity index (χ4n) is 1.06. The van der Waals surface area contributed by atoms with Crippen molar-refractivity contribution in [3.63, 3.8) is 0 Å². The van der Waals surface area contributed by atoms with E-state index in [-0.39, 0.29) is 5.69 Å². The lowest BCUT2D eigenvalue weighted by molar-refractivity contribution is 0.0593. The minimum absolute atomic E-state index is 0.248. The van der Waals surface area contributed by atoms with Crippen molar-refractivity contribution in [3.05, 3.63) is 28.6 Å². The molecule has 0 unspecified atom stereocenters. The molecule has 0 fully saturated rings. The van der Waals surface area contributed by atoms with E-state index in [1.165, 1.54) is 11.6 Å². The van der Waals surface area contributed by atoms with E-state index in [9.17, 15) is 4.79 Å². The van der Waals surface area contributed by atoms with Crippen LogP contribution in [0.1, 0.15) is 24.3 Å². The lowest BCUT2D eigenvalue weighted by Gasteiger charge is -1.91. The second kappa shape index (κ2) is 5.60. The van der Waals surface area contributed by atoms with Crippen molar-refractivity contribution in [2.75, 3.05) is 7.11 Å². The fourth-order valence-corrected chi connectivity index (χ4v) is 1.36. The van der Waals surface area contributed by atoms with Crippen LogP contribution < -0.4 is 0 Å². The second-order valence-electron chi connectivity index (χ2n) is 2.57. The Morgan fingerprint density at radius 2 is 2.19 bits per heavy atom. The molecule has 86 valence electrons. The standard InChI is InChI=1S/C8H6BrN3O2.C2H6/c1-14-8(13)5-4-7-10-6(9)2-3-12(7)11-5;1-2/h2-4H,1H3;1-2H3. The number of aromatic nitrogens is 3. The van der Waals surface area contributed by atoms with Crippen LogP contribution in [-0.4, -0.2) is 27.7 Å². The first-order chi connectivity index (χ1) is 7.70. The van der Waals surface area contributed by atoms with Gasteiger partial charge in [0, 0.05) is 12.3 Å². The SMILES string of the molecule is CC.COC(=O)c1cc2nc(Br)ccn2n1. The monoisotopic (exact) mass is 285 g/mol. The molecule has 0 aliphatic carbocycles. The number of halogens is 1. The Balaban J connectivity index is 0.000000606. The summed E-state index contributed by atoms with van der Waals surface area (Å²) in [4.78, 5) is 15.3. The molecule has 6 heteroatoms. The zero-order valence-corrected chi connectivity index (χ0v) is 10.9. The van der Waals surface area contributed by atoms with Gasteiger partial charge in [0.2, 0.25) is 0 Å². The van der Waals surface area contributed by atoms with Gasteiger partial charge in [-0.2, -0.15) is 5.10 Å². The minimum atomic E-state index is -0.466. The Kier molecular flexibility index (Phi) is 4.42. The summed E-state index contributed by atoms with van der Waals surface area (Å²) in [6.45, 7) is 4.00. The first kappa shape index (κ1) is 12.6. The van der Waals surface area contributed by atoms with E-state index in [1.54, 1.807) is 18.3 Å². The van der Waals surface area contributed by atoms with Crippen molar-refractivity contribution in [2.45, 2.75) is 13.8 Å². The van der Waals surface area contributed by atoms with Gasteiger partial charge < -0.3 is 4.74 Å². The summed E-state index contributed by atoms with van der Waals surface area (Å²) in [6, 6.07) is 3.30. The highest BCUT2D eigenvalue weighted by Gasteiger charge is 2.11. The molecule has 2 aromatic rings. The van der Waals surface area contributed by atoms with E-state index < -0.39 is 5.97 Å². The molecule has 0 saturated heterocycles. The van der Waals surface area contributed by atoms with E-state index in [0.29, 0.717) is 10.3 Å². The third-order valence-electron chi connectivity index (χ3n) is 1.69. The highest BCUT2D eigenvalue weighted by molar-refractivity contribution is 9.10. The maximum absolute atomic E-state index is 11.1. The van der Waals surface area contributed by atoms with Gasteiger partial charge in [0.05, 0.1) is 7.11 Å². The number of hydrogen-bond donors (Lipinski definition) is 0. The van der Waals surface area contributed by atoms with Crippen molar-refractivity contribution in [3.8, 4) is 0 Å². The predicted octanol–water partition coefficient (Wildman–Crippen LogP) is 2.30. The van der Waals surface area contributed by atoms with E-state index >= 15 is 0 Å². The van der Waals surface area contributed by atoms with E-state index in [2.05, 4.69) is 30.7 Å². The molecule has 2 rings (SSSR count). The maximum atomic E-state index is 11.1. The Labute approximate surface area is 102 Å². The van der Waals surface area contributed by atoms with Crippen LogP contribution in [-0.2, 0) is 4.74 Å². The normalized spacial score (nSPS) is 9.50. The van der Waals surface area contributed by atoms with Crippen LogP contribution in [0.5, 0.6) is 0 Å². The Morgan fingerprint density at radius 3 is 2.81 bits per heavy atom. The number of ether oxygens (including phenoxy) is 1. The molecule has 5 nitrogen and oxygen atoms in total. The van der Waals surface area contributed by atoms with Crippen molar-refractivity contribution >= 4 is 27.5 Å². The molecule has 0 atom stereocenters. The van der Waals surface area contributed by atoms with Crippen molar-refractivity contribution in [2.24, 2.45) is 0 Å². The summed E-state index contributed by atoms with van der Waals surface area (Å²) in [5, 5.41) is 3.98. The number of hydrogen-bond acceptors (Lipinski definition) is 4. The molecular formula is C10H12BrN3O2. The van der Waals surface area contributed by atoms with E-state index in [0.717, 1.165) is 0 Å². The van der Waals surface area contributed by atoms with Gasteiger partial charge in [-0.25, -0.2) is 14.3 Å². The number of carbonyl (C=O) groups excluding carboxylic acids is 1. The van der Waals surface area contributed by atoms with Crippen molar-refractivity contribution < 1.29 is 9.53 Å². The first-order valence-electron chi connectivity index (χ1n) is 4.81. The number of carbonyl (C=O) groups is 1. The summed E-state index contributed by atoms with van der Waals surface area (Å²) >= 11 is 3.23. The van der Waals surface area contributed by atoms with Gasteiger partial charge in [-0.3, -0.25) is 0 Å². The number of rotatable bonds is 1. The van der Waals surface area contributed by atoms with Crippen LogP contribution in [0.2, 0.25) is 0 Å². The molecule has 0 saturated carbocycles. The lowest BCUT2D eigenvalue weighted by Crippen LogP contribution is -2.01. The quantitative estimate of drug-likeness (QED) is 0.596. The summed E-state index contributed by atoms with van der Waals surface area (Å²) in [7, 11) is 1.32. The summed E-state index contributed by atoms with van der Waals surface area (Å²) in [5.41, 5.74) is 0.845. The molecule has 0 N–H and O–H groups in total. The molecule has 0 bridgehead atoms.